The minimum absolute atomic E-state index is 0.150. The molecular formula is C37H39O2PS3. The van der Waals surface area contributed by atoms with Gasteiger partial charge >= 0.3 is 193 Å². The van der Waals surface area contributed by atoms with Crippen LogP contribution in [-0.4, -0.2) is 12.1 Å². The van der Waals surface area contributed by atoms with Crippen LogP contribution in [0.4, 0.5) is 0 Å². The molecule has 6 heteroatoms. The van der Waals surface area contributed by atoms with Gasteiger partial charge in [0.25, 0.3) is 0 Å². The quantitative estimate of drug-likeness (QED) is 0.0284. The minimum atomic E-state index is -2.12. The van der Waals surface area contributed by atoms with Crippen LogP contribution in [0.25, 0.3) is 10.4 Å². The summed E-state index contributed by atoms with van der Waals surface area (Å²) in [5.41, 5.74) is 1.10. The standard InChI is InChI=1S/C37H39O2PS3/c38-36(39-31-26-24-30(25-27-31)35-29-37(41)43-42-35)23-15-4-2-1-3-5-16-28-40(32-17-9-6-10-18-32,33-19-11-7-12-20-33)34-21-13-8-14-22-34/h6-14,17-22,24-27,29,40H,1-5,15-16,23,28H2. The molecule has 5 rings (SSSR count). The number of rotatable bonds is 15. The van der Waals surface area contributed by atoms with Crippen molar-refractivity contribution in [2.24, 2.45) is 0 Å². The van der Waals surface area contributed by atoms with Crippen LogP contribution in [0.3, 0.4) is 0 Å². The number of ether oxygens (including phenoxy) is 1. The molecule has 0 bridgehead atoms. The third-order valence-corrected chi connectivity index (χ3v) is 16.0. The van der Waals surface area contributed by atoms with Gasteiger partial charge in [0.1, 0.15) is 3.82 Å². The molecule has 0 aliphatic rings. The maximum atomic E-state index is 12.4. The van der Waals surface area contributed by atoms with Crippen LogP contribution in [0.2, 0.25) is 0 Å². The van der Waals surface area contributed by atoms with Gasteiger partial charge in [0.15, 0.2) is 0 Å². The molecule has 1 aromatic heterocycles. The average Bonchev–Trinajstić information content (AvgIpc) is 3.50. The third kappa shape index (κ3) is 8.58. The molecule has 0 aliphatic carbocycles. The fourth-order valence-corrected chi connectivity index (χ4v) is 13.2. The molecule has 0 amide bonds. The molecule has 0 saturated carbocycles. The van der Waals surface area contributed by atoms with E-state index in [0.29, 0.717) is 12.2 Å². The van der Waals surface area contributed by atoms with Gasteiger partial charge in [0.05, 0.1) is 0 Å². The molecule has 0 fully saturated rings. The van der Waals surface area contributed by atoms with Gasteiger partial charge in [-0.3, -0.25) is 0 Å². The second-order valence-corrected chi connectivity index (χ2v) is 17.9. The van der Waals surface area contributed by atoms with Crippen molar-refractivity contribution in [1.29, 1.82) is 0 Å². The van der Waals surface area contributed by atoms with Crippen molar-refractivity contribution >= 4 is 62.0 Å². The first-order valence-electron chi connectivity index (χ1n) is 15.2. The smallest absolute Gasteiger partial charge is 0.0786 e. The van der Waals surface area contributed by atoms with Crippen molar-refractivity contribution in [3.8, 4) is 16.2 Å². The first-order chi connectivity index (χ1) is 21.1. The molecular weight excluding hydrogens is 604 g/mol. The Kier molecular flexibility index (Phi) is 11.9. The number of carbonyl (C=O) groups excluding carboxylic acids is 1. The van der Waals surface area contributed by atoms with Crippen molar-refractivity contribution in [3.05, 3.63) is 125 Å². The van der Waals surface area contributed by atoms with E-state index in [0.717, 1.165) is 33.5 Å². The molecule has 0 atom stereocenters. The number of hydrogen-bond donors (Lipinski definition) is 0. The Morgan fingerprint density at radius 3 is 1.58 bits per heavy atom. The number of esters is 1. The molecule has 222 valence electrons. The zero-order chi connectivity index (χ0) is 29.7. The van der Waals surface area contributed by atoms with E-state index in [2.05, 4.69) is 91.0 Å². The summed E-state index contributed by atoms with van der Waals surface area (Å²) in [6, 6.07) is 43.3. The van der Waals surface area contributed by atoms with Crippen LogP contribution in [0.1, 0.15) is 51.4 Å². The Morgan fingerprint density at radius 2 is 1.09 bits per heavy atom. The van der Waals surface area contributed by atoms with Gasteiger partial charge in [-0.25, -0.2) is 0 Å². The number of unbranched alkanes of at least 4 members (excludes halogenated alkanes) is 6. The summed E-state index contributed by atoms with van der Waals surface area (Å²) in [7, 11) is 1.15. The first-order valence-corrected chi connectivity index (χ1v) is 20.0. The van der Waals surface area contributed by atoms with Crippen molar-refractivity contribution in [3.63, 3.8) is 0 Å². The third-order valence-electron chi connectivity index (χ3n) is 8.07. The topological polar surface area (TPSA) is 26.3 Å². The molecule has 0 saturated heterocycles. The number of hydrogen-bond acceptors (Lipinski definition) is 5. The normalized spacial score (nSPS) is 11.7. The van der Waals surface area contributed by atoms with Crippen molar-refractivity contribution in [2.75, 3.05) is 6.16 Å². The van der Waals surface area contributed by atoms with E-state index in [9.17, 15) is 4.79 Å². The molecule has 1 heterocycles. The van der Waals surface area contributed by atoms with Gasteiger partial charge in [-0.05, 0) is 35.9 Å². The van der Waals surface area contributed by atoms with E-state index < -0.39 is 7.26 Å². The Labute approximate surface area is 269 Å². The zero-order valence-corrected chi connectivity index (χ0v) is 27.9. The van der Waals surface area contributed by atoms with E-state index in [-0.39, 0.29) is 5.97 Å². The zero-order valence-electron chi connectivity index (χ0n) is 24.5. The van der Waals surface area contributed by atoms with Crippen LogP contribution in [0.5, 0.6) is 5.75 Å². The van der Waals surface area contributed by atoms with Gasteiger partial charge in [-0.2, -0.15) is 0 Å². The van der Waals surface area contributed by atoms with Crippen molar-refractivity contribution in [1.82, 2.24) is 0 Å². The summed E-state index contributed by atoms with van der Waals surface area (Å²) in [6.07, 6.45) is 9.67. The summed E-state index contributed by atoms with van der Waals surface area (Å²) in [6.45, 7) is 0. The second kappa shape index (κ2) is 16.2. The van der Waals surface area contributed by atoms with Gasteiger partial charge in [0, 0.05) is 4.88 Å². The Hall–Kier alpha value is -2.95. The van der Waals surface area contributed by atoms with Crippen LogP contribution < -0.4 is 20.7 Å². The first kappa shape index (κ1) is 31.5. The number of benzene rings is 4. The van der Waals surface area contributed by atoms with Crippen molar-refractivity contribution < 1.29 is 9.53 Å². The summed E-state index contributed by atoms with van der Waals surface area (Å²) >= 11 is 5.23. The van der Waals surface area contributed by atoms with Gasteiger partial charge in [-0.1, -0.05) is 32.9 Å². The van der Waals surface area contributed by atoms with Crippen molar-refractivity contribution in [2.45, 2.75) is 51.4 Å². The van der Waals surface area contributed by atoms with E-state index in [1.165, 1.54) is 47.8 Å². The van der Waals surface area contributed by atoms with Crippen LogP contribution >= 0.6 is 40.2 Å². The molecule has 2 nitrogen and oxygen atoms in total. The number of carbonyl (C=O) groups is 1. The Bertz CT molecular complexity index is 1500. The maximum absolute atomic E-state index is 12.4. The van der Waals surface area contributed by atoms with E-state index in [1.807, 2.05) is 30.3 Å². The molecule has 43 heavy (non-hydrogen) atoms. The van der Waals surface area contributed by atoms with Gasteiger partial charge in [-0.15, -0.1) is 0 Å². The fraction of sp³-hybridized carbons (Fsp3) is 0.243. The predicted octanol–water partition coefficient (Wildman–Crippen LogP) is 9.96. The van der Waals surface area contributed by atoms with E-state index in [1.54, 1.807) is 20.7 Å². The van der Waals surface area contributed by atoms with E-state index in [4.69, 9.17) is 17.0 Å². The average molecular weight is 643 g/mol. The molecule has 0 aliphatic heterocycles. The molecule has 0 spiro atoms. The summed E-state index contributed by atoms with van der Waals surface area (Å²) in [4.78, 5) is 13.5. The van der Waals surface area contributed by atoms with Crippen LogP contribution in [-0.2, 0) is 4.79 Å². The molecule has 4 aromatic carbocycles. The van der Waals surface area contributed by atoms with Gasteiger partial charge in [0.2, 0.25) is 0 Å². The molecule has 5 aromatic rings. The molecule has 0 unspecified atom stereocenters. The molecule has 0 radical (unpaired) electrons. The fourth-order valence-electron chi connectivity index (χ4n) is 5.89. The second-order valence-electron chi connectivity index (χ2n) is 11.0. The SMILES string of the molecule is O=C(CCCCCCCCC[PH](c1ccccc1)(c1ccccc1)c1ccccc1)Oc1ccc(-c2cc(=S)ss2)cc1. The van der Waals surface area contributed by atoms with E-state index >= 15 is 0 Å². The minimum Gasteiger partial charge on any atom is -0.0786 e. The Balaban J connectivity index is 1.06. The monoisotopic (exact) mass is 642 g/mol. The summed E-state index contributed by atoms with van der Waals surface area (Å²) < 4.78 is 6.46. The molecule has 0 N–H and O–H groups in total. The van der Waals surface area contributed by atoms with Crippen LogP contribution in [0.15, 0.2) is 121 Å². The van der Waals surface area contributed by atoms with Gasteiger partial charge < -0.3 is 0 Å². The Morgan fingerprint density at radius 1 is 0.605 bits per heavy atom. The predicted molar refractivity (Wildman–Crippen MR) is 192 cm³/mol. The summed E-state index contributed by atoms with van der Waals surface area (Å²) in [5, 5.41) is 4.47. The summed E-state index contributed by atoms with van der Waals surface area (Å²) in [5.74, 6) is 0.455. The van der Waals surface area contributed by atoms with Crippen LogP contribution in [0, 0.1) is 3.82 Å².